The number of thiophene rings is 1. The molecule has 82 valence electrons. The maximum absolute atomic E-state index is 11.8. The van der Waals surface area contributed by atoms with Crippen molar-refractivity contribution in [1.29, 1.82) is 0 Å². The van der Waals surface area contributed by atoms with Crippen LogP contribution in [0.4, 0.5) is 0 Å². The summed E-state index contributed by atoms with van der Waals surface area (Å²) in [7, 11) is 0. The van der Waals surface area contributed by atoms with E-state index in [1.807, 2.05) is 12.1 Å². The van der Waals surface area contributed by atoms with Gasteiger partial charge in [0.1, 0.15) is 0 Å². The lowest BCUT2D eigenvalue weighted by molar-refractivity contribution is 0.0314. The molecule has 0 aliphatic carbocycles. The summed E-state index contributed by atoms with van der Waals surface area (Å²) < 4.78 is 1.02. The van der Waals surface area contributed by atoms with Crippen molar-refractivity contribution in [3.63, 3.8) is 0 Å². The van der Waals surface area contributed by atoms with E-state index in [1.54, 1.807) is 0 Å². The molecule has 0 aromatic carbocycles. The van der Waals surface area contributed by atoms with Gasteiger partial charge in [-0.25, -0.2) is 0 Å². The highest BCUT2D eigenvalue weighted by Gasteiger charge is 2.34. The molecule has 0 spiro atoms. The number of likely N-dealkylation sites (tertiary alicyclic amines) is 1. The summed E-state index contributed by atoms with van der Waals surface area (Å²) in [5, 5.41) is 0. The fourth-order valence-electron chi connectivity index (χ4n) is 2.02. The van der Waals surface area contributed by atoms with Crippen molar-refractivity contribution in [2.45, 2.75) is 13.8 Å². The Morgan fingerprint density at radius 2 is 2.20 bits per heavy atom. The van der Waals surface area contributed by atoms with Crippen molar-refractivity contribution >= 4 is 33.0 Å². The Balaban J connectivity index is 1.89. The standard InChI is InChI=1S/C11H14BrNOS/c1-11(2)6-13(7-11)5-8(14)9-3-4-10(12)15-9/h3-4H,5-7H2,1-2H3. The second kappa shape index (κ2) is 4.00. The highest BCUT2D eigenvalue weighted by atomic mass is 79.9. The van der Waals surface area contributed by atoms with Crippen LogP contribution < -0.4 is 0 Å². The summed E-state index contributed by atoms with van der Waals surface area (Å²) in [5.41, 5.74) is 0.399. The number of carbonyl (C=O) groups excluding carboxylic acids is 1. The topological polar surface area (TPSA) is 20.3 Å². The molecule has 4 heteroatoms. The molecule has 1 fully saturated rings. The molecule has 1 aliphatic rings. The van der Waals surface area contributed by atoms with Crippen molar-refractivity contribution in [3.05, 3.63) is 20.8 Å². The first-order valence-electron chi connectivity index (χ1n) is 4.97. The second-order valence-corrected chi connectivity index (χ2v) is 7.30. The minimum absolute atomic E-state index is 0.237. The zero-order valence-corrected chi connectivity index (χ0v) is 11.3. The molecule has 0 saturated carbocycles. The van der Waals surface area contributed by atoms with Crippen LogP contribution in [0.2, 0.25) is 0 Å². The van der Waals surface area contributed by atoms with Crippen molar-refractivity contribution < 1.29 is 4.79 Å². The van der Waals surface area contributed by atoms with Gasteiger partial charge in [-0.05, 0) is 33.5 Å². The quantitative estimate of drug-likeness (QED) is 0.797. The lowest BCUT2D eigenvalue weighted by Crippen LogP contribution is -2.54. The molecule has 1 aromatic heterocycles. The van der Waals surface area contributed by atoms with Gasteiger partial charge in [-0.2, -0.15) is 0 Å². The van der Waals surface area contributed by atoms with Crippen LogP contribution in [0.25, 0.3) is 0 Å². The summed E-state index contributed by atoms with van der Waals surface area (Å²) in [6, 6.07) is 3.82. The number of ketones is 1. The molecular weight excluding hydrogens is 274 g/mol. The predicted molar refractivity (Wildman–Crippen MR) is 66.6 cm³/mol. The first-order valence-corrected chi connectivity index (χ1v) is 6.58. The van der Waals surface area contributed by atoms with Crippen LogP contribution >= 0.6 is 27.3 Å². The molecular formula is C11H14BrNOS. The van der Waals surface area contributed by atoms with Gasteiger partial charge in [0.05, 0.1) is 15.2 Å². The van der Waals surface area contributed by atoms with E-state index in [9.17, 15) is 4.79 Å². The molecule has 1 saturated heterocycles. The molecule has 0 unspecified atom stereocenters. The zero-order chi connectivity index (χ0) is 11.1. The zero-order valence-electron chi connectivity index (χ0n) is 8.92. The normalized spacial score (nSPS) is 19.9. The van der Waals surface area contributed by atoms with Crippen LogP contribution in [0.5, 0.6) is 0 Å². The summed E-state index contributed by atoms with van der Waals surface area (Å²) in [4.78, 5) is 14.9. The number of hydrogen-bond donors (Lipinski definition) is 0. The van der Waals surface area contributed by atoms with Gasteiger partial charge in [-0.1, -0.05) is 13.8 Å². The lowest BCUT2D eigenvalue weighted by atomic mass is 9.84. The molecule has 0 amide bonds. The van der Waals surface area contributed by atoms with Gasteiger partial charge < -0.3 is 0 Å². The van der Waals surface area contributed by atoms with Crippen LogP contribution in [0.3, 0.4) is 0 Å². The smallest absolute Gasteiger partial charge is 0.186 e. The number of halogens is 1. The van der Waals surface area contributed by atoms with E-state index in [2.05, 4.69) is 34.7 Å². The van der Waals surface area contributed by atoms with E-state index in [0.29, 0.717) is 12.0 Å². The monoisotopic (exact) mass is 287 g/mol. The Morgan fingerprint density at radius 1 is 1.53 bits per heavy atom. The third-order valence-corrected chi connectivity index (χ3v) is 4.18. The number of hydrogen-bond acceptors (Lipinski definition) is 3. The predicted octanol–water partition coefficient (Wildman–Crippen LogP) is 3.04. The van der Waals surface area contributed by atoms with Gasteiger partial charge in [-0.3, -0.25) is 9.69 Å². The number of carbonyl (C=O) groups is 1. The summed E-state index contributed by atoms with van der Waals surface area (Å²) in [6.07, 6.45) is 0. The summed E-state index contributed by atoms with van der Waals surface area (Å²) in [5.74, 6) is 0.237. The Labute approximate surface area is 102 Å². The minimum Gasteiger partial charge on any atom is -0.295 e. The summed E-state index contributed by atoms with van der Waals surface area (Å²) >= 11 is 4.88. The average Bonchev–Trinajstić information content (AvgIpc) is 2.48. The number of Topliss-reactive ketones (excluding diaryl/α,β-unsaturated/α-hetero) is 1. The number of rotatable bonds is 3. The molecule has 15 heavy (non-hydrogen) atoms. The van der Waals surface area contributed by atoms with Crippen LogP contribution in [0, 0.1) is 5.41 Å². The highest BCUT2D eigenvalue weighted by molar-refractivity contribution is 9.11. The first kappa shape index (κ1) is 11.3. The average molecular weight is 288 g/mol. The van der Waals surface area contributed by atoms with Crippen molar-refractivity contribution in [3.8, 4) is 0 Å². The Morgan fingerprint density at radius 3 is 2.67 bits per heavy atom. The van der Waals surface area contributed by atoms with E-state index in [0.717, 1.165) is 21.8 Å². The van der Waals surface area contributed by atoms with Gasteiger partial charge in [0.25, 0.3) is 0 Å². The van der Waals surface area contributed by atoms with Crippen molar-refractivity contribution in [2.24, 2.45) is 5.41 Å². The molecule has 2 rings (SSSR count). The second-order valence-electron chi connectivity index (χ2n) is 4.84. The van der Waals surface area contributed by atoms with E-state index >= 15 is 0 Å². The number of nitrogens with zero attached hydrogens (tertiary/aromatic N) is 1. The fraction of sp³-hybridized carbons (Fsp3) is 0.545. The van der Waals surface area contributed by atoms with Crippen LogP contribution in [0.15, 0.2) is 15.9 Å². The van der Waals surface area contributed by atoms with Gasteiger partial charge >= 0.3 is 0 Å². The molecule has 0 bridgehead atoms. The van der Waals surface area contributed by atoms with Gasteiger partial charge in [0, 0.05) is 13.1 Å². The maximum atomic E-state index is 11.8. The summed E-state index contributed by atoms with van der Waals surface area (Å²) in [6.45, 7) is 7.10. The highest BCUT2D eigenvalue weighted by Crippen LogP contribution is 2.29. The van der Waals surface area contributed by atoms with E-state index in [1.165, 1.54) is 11.3 Å². The van der Waals surface area contributed by atoms with E-state index < -0.39 is 0 Å². The molecule has 1 aliphatic heterocycles. The minimum atomic E-state index is 0.237. The lowest BCUT2D eigenvalue weighted by Gasteiger charge is -2.45. The maximum Gasteiger partial charge on any atom is 0.186 e. The van der Waals surface area contributed by atoms with E-state index in [4.69, 9.17) is 0 Å². The van der Waals surface area contributed by atoms with E-state index in [-0.39, 0.29) is 5.78 Å². The molecule has 0 N–H and O–H groups in total. The largest absolute Gasteiger partial charge is 0.295 e. The van der Waals surface area contributed by atoms with Crippen LogP contribution in [-0.2, 0) is 0 Å². The molecule has 2 nitrogen and oxygen atoms in total. The molecule has 0 atom stereocenters. The van der Waals surface area contributed by atoms with Crippen LogP contribution in [-0.4, -0.2) is 30.3 Å². The fourth-order valence-corrected chi connectivity index (χ4v) is 3.34. The molecule has 2 heterocycles. The van der Waals surface area contributed by atoms with Gasteiger partial charge in [-0.15, -0.1) is 11.3 Å². The SMILES string of the molecule is CC1(C)CN(CC(=O)c2ccc(Br)s2)C1. The van der Waals surface area contributed by atoms with Gasteiger partial charge in [0.2, 0.25) is 0 Å². The third-order valence-electron chi connectivity index (χ3n) is 2.52. The Hall–Kier alpha value is -0.190. The Bertz CT molecular complexity index is 378. The first-order chi connectivity index (χ1) is 6.96. The molecule has 0 radical (unpaired) electrons. The van der Waals surface area contributed by atoms with Gasteiger partial charge in [0.15, 0.2) is 5.78 Å². The van der Waals surface area contributed by atoms with Crippen LogP contribution in [0.1, 0.15) is 23.5 Å². The van der Waals surface area contributed by atoms with Crippen molar-refractivity contribution in [1.82, 2.24) is 4.90 Å². The third kappa shape index (κ3) is 2.68. The van der Waals surface area contributed by atoms with Crippen molar-refractivity contribution in [2.75, 3.05) is 19.6 Å². The Kier molecular flexibility index (Phi) is 3.01. The molecule has 1 aromatic rings.